The molecule has 0 aliphatic carbocycles. The zero-order valence-corrected chi connectivity index (χ0v) is 26.4. The fourth-order valence-corrected chi connectivity index (χ4v) is 6.03. The lowest BCUT2D eigenvalue weighted by Crippen LogP contribution is -2.45. The van der Waals surface area contributed by atoms with Gasteiger partial charge in [-0.25, -0.2) is 9.97 Å². The van der Waals surface area contributed by atoms with Crippen LogP contribution in [-0.2, 0) is 25.3 Å². The van der Waals surface area contributed by atoms with Crippen molar-refractivity contribution in [3.8, 4) is 22.4 Å². The number of halogens is 1. The van der Waals surface area contributed by atoms with Gasteiger partial charge < -0.3 is 25.2 Å². The topological polar surface area (TPSA) is 130 Å². The Kier molecular flexibility index (Phi) is 9.13. The largest absolute Gasteiger partial charge is 0.394 e. The first kappa shape index (κ1) is 31.0. The second-order valence-electron chi connectivity index (χ2n) is 11.4. The molecule has 6 rings (SSSR count). The Balaban J connectivity index is 1.26. The SMILES string of the molecule is Cn1cncc1-c1ccc(NC(=O)C(Cc2cc(-c3ccnc(N4CCC[C@@H]4CO)c3)ccc2Cl)NC(=O)c2ccnn2C)cc1. The lowest BCUT2D eigenvalue weighted by atomic mass is 9.99. The number of imidazole rings is 1. The van der Waals surface area contributed by atoms with Crippen molar-refractivity contribution >= 4 is 34.9 Å². The van der Waals surface area contributed by atoms with E-state index in [9.17, 15) is 14.7 Å². The summed E-state index contributed by atoms with van der Waals surface area (Å²) in [6.45, 7) is 0.923. The highest BCUT2D eigenvalue weighted by Crippen LogP contribution is 2.31. The third-order valence-corrected chi connectivity index (χ3v) is 8.74. The lowest BCUT2D eigenvalue weighted by molar-refractivity contribution is -0.118. The highest BCUT2D eigenvalue weighted by molar-refractivity contribution is 6.31. The van der Waals surface area contributed by atoms with Crippen LogP contribution in [0.5, 0.6) is 0 Å². The van der Waals surface area contributed by atoms with Crippen LogP contribution in [0.2, 0.25) is 5.02 Å². The predicted molar refractivity (Wildman–Crippen MR) is 178 cm³/mol. The number of carbonyl (C=O) groups is 2. The summed E-state index contributed by atoms with van der Waals surface area (Å²) in [5.74, 6) is -0.0111. The number of aromatic nitrogens is 5. The smallest absolute Gasteiger partial charge is 0.270 e. The van der Waals surface area contributed by atoms with Gasteiger partial charge in [0.05, 0.1) is 30.9 Å². The van der Waals surface area contributed by atoms with E-state index in [1.54, 1.807) is 37.9 Å². The molecule has 5 aromatic rings. The first-order chi connectivity index (χ1) is 22.3. The second-order valence-corrected chi connectivity index (χ2v) is 11.8. The van der Waals surface area contributed by atoms with E-state index in [0.29, 0.717) is 22.0 Å². The summed E-state index contributed by atoms with van der Waals surface area (Å²) < 4.78 is 3.37. The number of aryl methyl sites for hydroxylation is 2. The quantitative estimate of drug-likeness (QED) is 0.206. The minimum absolute atomic E-state index is 0.0530. The minimum Gasteiger partial charge on any atom is -0.394 e. The number of nitrogens with one attached hydrogen (secondary N) is 2. The third-order valence-electron chi connectivity index (χ3n) is 8.37. The average molecular weight is 639 g/mol. The van der Waals surface area contributed by atoms with Crippen molar-refractivity contribution in [2.75, 3.05) is 23.4 Å². The van der Waals surface area contributed by atoms with E-state index in [2.05, 4.69) is 30.6 Å². The highest BCUT2D eigenvalue weighted by Gasteiger charge is 2.26. The summed E-state index contributed by atoms with van der Waals surface area (Å²) >= 11 is 6.69. The fraction of sp³-hybridized carbons (Fsp3) is 0.265. The minimum atomic E-state index is -0.949. The van der Waals surface area contributed by atoms with Gasteiger partial charge in [-0.3, -0.25) is 14.3 Å². The fourth-order valence-electron chi connectivity index (χ4n) is 5.84. The van der Waals surface area contributed by atoms with Gasteiger partial charge in [-0.15, -0.1) is 0 Å². The number of hydrogen-bond acceptors (Lipinski definition) is 7. The Hall–Kier alpha value is -5.00. The number of aliphatic hydroxyl groups excluding tert-OH is 1. The van der Waals surface area contributed by atoms with E-state index < -0.39 is 11.9 Å². The molecule has 2 aromatic carbocycles. The molecule has 3 N–H and O–H groups in total. The van der Waals surface area contributed by atoms with Gasteiger partial charge in [-0.2, -0.15) is 5.10 Å². The van der Waals surface area contributed by atoms with Crippen molar-refractivity contribution in [2.24, 2.45) is 14.1 Å². The Morgan fingerprint density at radius 2 is 1.80 bits per heavy atom. The molecule has 1 fully saturated rings. The Labute approximate surface area is 271 Å². The van der Waals surface area contributed by atoms with Crippen molar-refractivity contribution < 1.29 is 14.7 Å². The molecule has 0 saturated carbocycles. The van der Waals surface area contributed by atoms with Crippen molar-refractivity contribution in [3.05, 3.63) is 102 Å². The number of benzene rings is 2. The van der Waals surface area contributed by atoms with E-state index in [0.717, 1.165) is 47.6 Å². The number of amides is 2. The molecule has 1 aliphatic rings. The van der Waals surface area contributed by atoms with Crippen LogP contribution in [-0.4, -0.2) is 66.5 Å². The number of nitrogens with zero attached hydrogens (tertiary/aromatic N) is 6. The number of hydrogen-bond donors (Lipinski definition) is 3. The molecule has 0 radical (unpaired) electrons. The average Bonchev–Trinajstić information content (AvgIpc) is 3.83. The van der Waals surface area contributed by atoms with Crippen LogP contribution in [0.4, 0.5) is 11.5 Å². The molecule has 1 unspecified atom stereocenters. The first-order valence-corrected chi connectivity index (χ1v) is 15.5. The molecule has 0 bridgehead atoms. The lowest BCUT2D eigenvalue weighted by Gasteiger charge is -2.24. The van der Waals surface area contributed by atoms with E-state index >= 15 is 0 Å². The van der Waals surface area contributed by atoms with Crippen LogP contribution in [0, 0.1) is 0 Å². The van der Waals surface area contributed by atoms with E-state index in [1.165, 1.54) is 10.9 Å². The molecule has 0 spiro atoms. The van der Waals surface area contributed by atoms with Gasteiger partial charge in [0.25, 0.3) is 5.91 Å². The van der Waals surface area contributed by atoms with Crippen molar-refractivity contribution in [3.63, 3.8) is 0 Å². The van der Waals surface area contributed by atoms with E-state index in [1.807, 2.05) is 60.1 Å². The number of aliphatic hydroxyl groups is 1. The van der Waals surface area contributed by atoms with E-state index in [-0.39, 0.29) is 25.0 Å². The molecule has 2 amide bonds. The van der Waals surface area contributed by atoms with Gasteiger partial charge in [0.2, 0.25) is 5.91 Å². The van der Waals surface area contributed by atoms with Crippen LogP contribution < -0.4 is 15.5 Å². The van der Waals surface area contributed by atoms with Gasteiger partial charge in [-0.05, 0) is 77.6 Å². The van der Waals surface area contributed by atoms with Gasteiger partial charge in [-0.1, -0.05) is 29.8 Å². The monoisotopic (exact) mass is 638 g/mol. The summed E-state index contributed by atoms with van der Waals surface area (Å²) in [6, 6.07) is 17.7. The maximum atomic E-state index is 13.8. The Morgan fingerprint density at radius 1 is 1.02 bits per heavy atom. The molecule has 4 heterocycles. The zero-order valence-electron chi connectivity index (χ0n) is 25.6. The van der Waals surface area contributed by atoms with Crippen LogP contribution in [0.25, 0.3) is 22.4 Å². The third kappa shape index (κ3) is 6.65. The highest BCUT2D eigenvalue weighted by atomic mass is 35.5. The number of anilines is 2. The maximum absolute atomic E-state index is 13.8. The Bertz CT molecular complexity index is 1850. The summed E-state index contributed by atoms with van der Waals surface area (Å²) in [6.07, 6.45) is 8.87. The van der Waals surface area contributed by atoms with E-state index in [4.69, 9.17) is 11.6 Å². The molecule has 236 valence electrons. The van der Waals surface area contributed by atoms with Crippen LogP contribution in [0.1, 0.15) is 28.9 Å². The van der Waals surface area contributed by atoms with Crippen molar-refractivity contribution in [1.29, 1.82) is 0 Å². The molecule has 2 atom stereocenters. The van der Waals surface area contributed by atoms with Crippen LogP contribution >= 0.6 is 11.6 Å². The molecule has 1 saturated heterocycles. The summed E-state index contributed by atoms with van der Waals surface area (Å²) in [4.78, 5) is 37.9. The van der Waals surface area contributed by atoms with Crippen molar-refractivity contribution in [2.45, 2.75) is 31.3 Å². The summed E-state index contributed by atoms with van der Waals surface area (Å²) in [5, 5.41) is 20.2. The molecule has 1 aliphatic heterocycles. The maximum Gasteiger partial charge on any atom is 0.270 e. The van der Waals surface area contributed by atoms with Gasteiger partial charge in [0, 0.05) is 50.2 Å². The second kappa shape index (κ2) is 13.6. The summed E-state index contributed by atoms with van der Waals surface area (Å²) in [5.41, 5.74) is 5.34. The van der Waals surface area contributed by atoms with Crippen LogP contribution in [0.15, 0.2) is 85.6 Å². The van der Waals surface area contributed by atoms with Crippen LogP contribution in [0.3, 0.4) is 0 Å². The number of rotatable bonds is 10. The first-order valence-electron chi connectivity index (χ1n) is 15.1. The summed E-state index contributed by atoms with van der Waals surface area (Å²) in [7, 11) is 3.59. The zero-order chi connectivity index (χ0) is 32.2. The molecule has 46 heavy (non-hydrogen) atoms. The normalized spacial score (nSPS) is 15.1. The molecule has 11 nitrogen and oxygen atoms in total. The molecule has 3 aromatic heterocycles. The molecular formula is C34H35ClN8O3. The van der Waals surface area contributed by atoms with Gasteiger partial charge >= 0.3 is 0 Å². The number of pyridine rings is 1. The standard InChI is InChI=1S/C34H35ClN8O3/c1-41-21-36-19-31(41)22-5-8-26(9-6-22)39-33(45)29(40-34(46)30-12-14-38-42(30)2)17-25-16-23(7-10-28(25)35)24-11-13-37-32(18-24)43-15-3-4-27(43)20-44/h5-14,16,18-19,21,27,29,44H,3-4,15,17,20H2,1-2H3,(H,39,45)(H,40,46)/t27-,29?/m1/s1. The van der Waals surface area contributed by atoms with Crippen molar-refractivity contribution in [1.82, 2.24) is 29.6 Å². The van der Waals surface area contributed by atoms with Gasteiger partial charge in [0.1, 0.15) is 17.6 Å². The van der Waals surface area contributed by atoms with Gasteiger partial charge in [0.15, 0.2) is 0 Å². The number of carbonyl (C=O) groups excluding carboxylic acids is 2. The molecular weight excluding hydrogens is 604 g/mol. The Morgan fingerprint density at radius 3 is 2.52 bits per heavy atom. The molecule has 12 heteroatoms. The predicted octanol–water partition coefficient (Wildman–Crippen LogP) is 4.48.